The molecular weight excluding hydrogens is 300 g/mol. The molecule has 0 amide bonds. The van der Waals surface area contributed by atoms with Gasteiger partial charge in [-0.1, -0.05) is 18.2 Å². The minimum atomic E-state index is -0.524. The van der Waals surface area contributed by atoms with Gasteiger partial charge in [0.25, 0.3) is 5.56 Å². The number of aromatic nitrogens is 4. The first-order valence-corrected chi connectivity index (χ1v) is 7.55. The topological polar surface area (TPSA) is 83.5 Å². The fourth-order valence-electron chi connectivity index (χ4n) is 2.71. The summed E-state index contributed by atoms with van der Waals surface area (Å²) >= 11 is 1.61. The number of aryl methyl sites for hydroxylation is 2. The highest BCUT2D eigenvalue weighted by Crippen LogP contribution is 2.36. The molecule has 0 aliphatic heterocycles. The molecule has 1 aromatic carbocycles. The molecule has 0 spiro atoms. The summed E-state index contributed by atoms with van der Waals surface area (Å²) in [6, 6.07) is 8.15. The summed E-state index contributed by atoms with van der Waals surface area (Å²) in [5.74, 6) is 0. The number of nitrogens with zero attached hydrogens (tertiary/aromatic N) is 2. The van der Waals surface area contributed by atoms with Crippen LogP contribution in [-0.2, 0) is 7.05 Å². The molecule has 0 bridgehead atoms. The maximum Gasteiger partial charge on any atom is 0.326 e. The van der Waals surface area contributed by atoms with E-state index in [1.165, 1.54) is 14.9 Å². The lowest BCUT2D eigenvalue weighted by Crippen LogP contribution is -2.22. The van der Waals surface area contributed by atoms with Gasteiger partial charge in [-0.05, 0) is 23.9 Å². The first-order chi connectivity index (χ1) is 10.5. The first kappa shape index (κ1) is 13.0. The van der Waals surface area contributed by atoms with E-state index in [-0.39, 0.29) is 0 Å². The quantitative estimate of drug-likeness (QED) is 0.565. The molecule has 0 unspecified atom stereocenters. The number of thiophene rings is 1. The third kappa shape index (κ3) is 1.75. The third-order valence-electron chi connectivity index (χ3n) is 3.70. The van der Waals surface area contributed by atoms with E-state index in [2.05, 4.69) is 28.1 Å². The summed E-state index contributed by atoms with van der Waals surface area (Å²) in [7, 11) is 1.69. The van der Waals surface area contributed by atoms with Crippen molar-refractivity contribution in [3.05, 3.63) is 50.7 Å². The van der Waals surface area contributed by atoms with Crippen LogP contribution in [0.15, 0.2) is 33.9 Å². The number of H-pyrrole nitrogens is 2. The Bertz CT molecular complexity index is 1150. The summed E-state index contributed by atoms with van der Waals surface area (Å²) in [4.78, 5) is 29.4. The number of rotatable bonds is 1. The van der Waals surface area contributed by atoms with Gasteiger partial charge in [-0.25, -0.2) is 4.79 Å². The molecule has 3 aromatic heterocycles. The number of nitrogens with one attached hydrogen (secondary N) is 2. The maximum absolute atomic E-state index is 12.0. The van der Waals surface area contributed by atoms with Gasteiger partial charge in [0.05, 0.1) is 4.88 Å². The molecule has 0 saturated carbocycles. The molecule has 0 fully saturated rings. The lowest BCUT2D eigenvalue weighted by molar-refractivity contribution is 0.795. The van der Waals surface area contributed by atoms with Crippen LogP contribution >= 0.6 is 11.3 Å². The lowest BCUT2D eigenvalue weighted by atomic mass is 10.2. The highest BCUT2D eigenvalue weighted by atomic mass is 32.1. The van der Waals surface area contributed by atoms with Crippen LogP contribution < -0.4 is 11.2 Å². The predicted octanol–water partition coefficient (Wildman–Crippen LogP) is 2.14. The Labute approximate surface area is 128 Å². The van der Waals surface area contributed by atoms with Crippen molar-refractivity contribution in [2.75, 3.05) is 0 Å². The number of fused-ring (bicyclic) bond motifs is 2. The van der Waals surface area contributed by atoms with Gasteiger partial charge < -0.3 is 4.98 Å². The van der Waals surface area contributed by atoms with E-state index in [0.29, 0.717) is 16.7 Å². The average molecular weight is 312 g/mol. The van der Waals surface area contributed by atoms with Crippen molar-refractivity contribution in [1.82, 2.24) is 19.7 Å². The number of aromatic amines is 2. The summed E-state index contributed by atoms with van der Waals surface area (Å²) < 4.78 is 2.68. The highest BCUT2D eigenvalue weighted by molar-refractivity contribution is 7.22. The standard InChI is InChI=1S/C15H12N4O2S/c1-7-4-3-5-8-6-9(22-13(7)8)10-11-12(19(2)18-10)14(20)17-15(21)16-11/h3-6H,1-2H3,(H2,16,17,20,21). The molecule has 0 atom stereocenters. The van der Waals surface area contributed by atoms with Gasteiger partial charge in [-0.15, -0.1) is 11.3 Å². The second kappa shape index (κ2) is 4.41. The van der Waals surface area contributed by atoms with Crippen molar-refractivity contribution < 1.29 is 0 Å². The van der Waals surface area contributed by atoms with Crippen LogP contribution in [0.5, 0.6) is 0 Å². The third-order valence-corrected chi connectivity index (χ3v) is 5.00. The molecular formula is C15H12N4O2S. The van der Waals surface area contributed by atoms with Crippen molar-refractivity contribution >= 4 is 32.5 Å². The van der Waals surface area contributed by atoms with Gasteiger partial charge in [-0.3, -0.25) is 14.5 Å². The van der Waals surface area contributed by atoms with Gasteiger partial charge in [0.15, 0.2) is 5.52 Å². The van der Waals surface area contributed by atoms with Crippen molar-refractivity contribution in [1.29, 1.82) is 0 Å². The van der Waals surface area contributed by atoms with Crippen LogP contribution in [-0.4, -0.2) is 19.7 Å². The maximum atomic E-state index is 12.0. The monoisotopic (exact) mass is 312 g/mol. The van der Waals surface area contributed by atoms with E-state index in [1.807, 2.05) is 18.2 Å². The molecule has 22 heavy (non-hydrogen) atoms. The van der Waals surface area contributed by atoms with E-state index in [1.54, 1.807) is 18.4 Å². The number of benzene rings is 1. The highest BCUT2D eigenvalue weighted by Gasteiger charge is 2.17. The van der Waals surface area contributed by atoms with E-state index < -0.39 is 11.2 Å². The van der Waals surface area contributed by atoms with Crippen LogP contribution in [0.4, 0.5) is 0 Å². The fourth-order valence-corrected chi connectivity index (χ4v) is 3.83. The van der Waals surface area contributed by atoms with Crippen LogP contribution in [0.3, 0.4) is 0 Å². The van der Waals surface area contributed by atoms with Crippen molar-refractivity contribution in [3.63, 3.8) is 0 Å². The van der Waals surface area contributed by atoms with Gasteiger partial charge in [-0.2, -0.15) is 5.10 Å². The zero-order chi connectivity index (χ0) is 15.4. The van der Waals surface area contributed by atoms with Gasteiger partial charge in [0.1, 0.15) is 11.2 Å². The Morgan fingerprint density at radius 1 is 1.23 bits per heavy atom. The average Bonchev–Trinajstić information content (AvgIpc) is 3.01. The Morgan fingerprint density at radius 2 is 2.05 bits per heavy atom. The molecule has 6 nitrogen and oxygen atoms in total. The van der Waals surface area contributed by atoms with Gasteiger partial charge >= 0.3 is 5.69 Å². The predicted molar refractivity (Wildman–Crippen MR) is 87.5 cm³/mol. The second-order valence-corrected chi connectivity index (χ2v) is 6.26. The largest absolute Gasteiger partial charge is 0.326 e. The Morgan fingerprint density at radius 3 is 2.82 bits per heavy atom. The van der Waals surface area contributed by atoms with Crippen LogP contribution in [0, 0.1) is 6.92 Å². The van der Waals surface area contributed by atoms with Gasteiger partial charge in [0.2, 0.25) is 0 Å². The Balaban J connectivity index is 2.10. The molecule has 3 heterocycles. The van der Waals surface area contributed by atoms with Crippen LogP contribution in [0.25, 0.3) is 31.7 Å². The molecule has 110 valence electrons. The van der Waals surface area contributed by atoms with Crippen molar-refractivity contribution in [2.24, 2.45) is 7.05 Å². The summed E-state index contributed by atoms with van der Waals surface area (Å²) in [6.45, 7) is 2.06. The molecule has 2 N–H and O–H groups in total. The molecule has 0 radical (unpaired) electrons. The summed E-state index contributed by atoms with van der Waals surface area (Å²) in [5, 5.41) is 5.55. The van der Waals surface area contributed by atoms with Crippen molar-refractivity contribution in [2.45, 2.75) is 6.92 Å². The molecule has 0 saturated heterocycles. The minimum Gasteiger partial charge on any atom is -0.303 e. The van der Waals surface area contributed by atoms with E-state index in [0.717, 1.165) is 10.3 Å². The van der Waals surface area contributed by atoms with E-state index in [4.69, 9.17) is 0 Å². The number of hydrogen-bond acceptors (Lipinski definition) is 4. The SMILES string of the molecule is Cc1cccc2cc(-c3nn(C)c4c(=O)[nH]c(=O)[nH]c34)sc12. The molecule has 0 aliphatic rings. The zero-order valence-corrected chi connectivity index (χ0v) is 12.7. The normalized spacial score (nSPS) is 11.5. The Hall–Kier alpha value is -2.67. The fraction of sp³-hybridized carbons (Fsp3) is 0.133. The van der Waals surface area contributed by atoms with Crippen LogP contribution in [0.1, 0.15) is 5.56 Å². The van der Waals surface area contributed by atoms with E-state index in [9.17, 15) is 9.59 Å². The second-order valence-electron chi connectivity index (χ2n) is 5.21. The zero-order valence-electron chi connectivity index (χ0n) is 11.9. The van der Waals surface area contributed by atoms with Crippen LogP contribution in [0.2, 0.25) is 0 Å². The molecule has 4 aromatic rings. The smallest absolute Gasteiger partial charge is 0.303 e. The molecule has 7 heteroatoms. The summed E-state index contributed by atoms with van der Waals surface area (Å²) in [6.07, 6.45) is 0. The minimum absolute atomic E-state index is 0.365. The molecule has 0 aliphatic carbocycles. The first-order valence-electron chi connectivity index (χ1n) is 6.73. The molecule has 4 rings (SSSR count). The van der Waals surface area contributed by atoms with Crippen molar-refractivity contribution in [3.8, 4) is 10.6 Å². The Kier molecular flexibility index (Phi) is 2.61. The van der Waals surface area contributed by atoms with Gasteiger partial charge in [0, 0.05) is 11.7 Å². The van der Waals surface area contributed by atoms with E-state index >= 15 is 0 Å². The number of hydrogen-bond donors (Lipinski definition) is 2. The lowest BCUT2D eigenvalue weighted by Gasteiger charge is -1.92. The summed E-state index contributed by atoms with van der Waals surface area (Å²) in [5.41, 5.74) is 1.70.